The number of hydrogen-bond donors (Lipinski definition) is 1. The van der Waals surface area contributed by atoms with Crippen LogP contribution in [0, 0.1) is 5.95 Å². The van der Waals surface area contributed by atoms with Crippen molar-refractivity contribution in [2.24, 2.45) is 7.05 Å². The molecule has 4 aromatic rings. The van der Waals surface area contributed by atoms with Gasteiger partial charge < -0.3 is 9.46 Å². The van der Waals surface area contributed by atoms with Crippen LogP contribution in [-0.4, -0.2) is 31.7 Å². The topological polar surface area (TPSA) is 69.8 Å². The monoisotopic (exact) mass is 404 g/mol. The fourth-order valence-electron chi connectivity index (χ4n) is 2.68. The highest BCUT2D eigenvalue weighted by Gasteiger charge is 2.16. The van der Waals surface area contributed by atoms with E-state index in [9.17, 15) is 4.39 Å². The Morgan fingerprint density at radius 2 is 2.07 bits per heavy atom. The number of nitrogens with zero attached hydrogens (tertiary/aromatic N) is 5. The summed E-state index contributed by atoms with van der Waals surface area (Å²) < 4.78 is 25.7. The minimum absolute atomic E-state index is 0.422. The lowest BCUT2D eigenvalue weighted by atomic mass is 10.2. The first-order valence-electron chi connectivity index (χ1n) is 7.85. The number of halogens is 2. The van der Waals surface area contributed by atoms with E-state index >= 15 is 0 Å². The number of ether oxygens (including phenoxy) is 1. The van der Waals surface area contributed by atoms with E-state index in [4.69, 9.17) is 16.3 Å². The fourth-order valence-corrected chi connectivity index (χ4v) is 3.48. The lowest BCUT2D eigenvalue weighted by Gasteiger charge is -2.12. The Bertz CT molecular complexity index is 1110. The second-order valence-electron chi connectivity index (χ2n) is 5.61. The molecule has 0 radical (unpaired) electrons. The average Bonchev–Trinajstić information content (AvgIpc) is 3.23. The minimum Gasteiger partial charge on any atom is -0.494 e. The van der Waals surface area contributed by atoms with Crippen LogP contribution in [0.5, 0.6) is 5.75 Å². The Labute approximate surface area is 163 Å². The molecule has 1 N–H and O–H groups in total. The van der Waals surface area contributed by atoms with E-state index in [-0.39, 0.29) is 0 Å². The lowest BCUT2D eigenvalue weighted by molar-refractivity contribution is 0.417. The van der Waals surface area contributed by atoms with Crippen molar-refractivity contribution >= 4 is 40.1 Å². The van der Waals surface area contributed by atoms with Crippen molar-refractivity contribution in [3.05, 3.63) is 53.8 Å². The molecule has 138 valence electrons. The Morgan fingerprint density at radius 1 is 1.22 bits per heavy atom. The average molecular weight is 405 g/mol. The number of anilines is 1. The largest absolute Gasteiger partial charge is 0.494 e. The molecule has 0 amide bonds. The van der Waals surface area contributed by atoms with Crippen molar-refractivity contribution in [3.8, 4) is 11.6 Å². The molecule has 3 heterocycles. The first-order chi connectivity index (χ1) is 13.1. The van der Waals surface area contributed by atoms with Gasteiger partial charge in [-0.1, -0.05) is 11.6 Å². The zero-order valence-electron chi connectivity index (χ0n) is 14.3. The van der Waals surface area contributed by atoms with Crippen LogP contribution in [-0.2, 0) is 7.05 Å². The molecule has 0 aliphatic heterocycles. The molecular formula is C17H14ClFN6OS. The molecule has 0 aliphatic rings. The molecule has 0 atom stereocenters. The molecule has 0 aliphatic carbocycles. The number of aryl methyl sites for hydroxylation is 1. The molecule has 0 bridgehead atoms. The van der Waals surface area contributed by atoms with Crippen LogP contribution in [0.15, 0.2) is 47.8 Å². The Kier molecular flexibility index (Phi) is 4.63. The Balaban J connectivity index is 1.60. The molecular weight excluding hydrogens is 391 g/mol. The lowest BCUT2D eigenvalue weighted by Crippen LogP contribution is -1.99. The van der Waals surface area contributed by atoms with E-state index in [2.05, 4.69) is 19.9 Å². The van der Waals surface area contributed by atoms with Gasteiger partial charge in [-0.2, -0.15) is 9.49 Å². The smallest absolute Gasteiger partial charge is 0.240 e. The van der Waals surface area contributed by atoms with Gasteiger partial charge in [0.1, 0.15) is 11.4 Å². The van der Waals surface area contributed by atoms with Gasteiger partial charge in [-0.25, -0.2) is 9.67 Å². The minimum atomic E-state index is -0.521. The summed E-state index contributed by atoms with van der Waals surface area (Å²) in [4.78, 5) is 5.23. The number of hydrogen-bond acceptors (Lipinski definition) is 6. The number of pyridine rings is 1. The standard InChI is InChI=1S/C17H14ClFN6OS/c1-24-16-12(17(19)22-24)4-5-13(26-2)15(16)23-27-11-3-6-14(20-8-11)25-9-10(18)7-21-25/h3-9,23H,1-2H3. The zero-order chi connectivity index (χ0) is 19.0. The summed E-state index contributed by atoms with van der Waals surface area (Å²) >= 11 is 7.21. The molecule has 0 unspecified atom stereocenters. The molecule has 3 aromatic heterocycles. The molecule has 27 heavy (non-hydrogen) atoms. The highest BCUT2D eigenvalue weighted by atomic mass is 35.5. The van der Waals surface area contributed by atoms with E-state index in [0.29, 0.717) is 33.2 Å². The maximum Gasteiger partial charge on any atom is 0.240 e. The van der Waals surface area contributed by atoms with Gasteiger partial charge in [-0.3, -0.25) is 4.68 Å². The summed E-state index contributed by atoms with van der Waals surface area (Å²) in [7, 11) is 3.25. The molecule has 10 heteroatoms. The molecule has 1 aromatic carbocycles. The number of aromatic nitrogens is 5. The molecule has 4 rings (SSSR count). The first-order valence-corrected chi connectivity index (χ1v) is 9.05. The highest BCUT2D eigenvalue weighted by molar-refractivity contribution is 8.00. The van der Waals surface area contributed by atoms with E-state index in [1.54, 1.807) is 49.6 Å². The number of methoxy groups -OCH3 is 1. The molecule has 0 spiro atoms. The Hall–Kier alpha value is -2.78. The van der Waals surface area contributed by atoms with Crippen LogP contribution in [0.1, 0.15) is 0 Å². The second-order valence-corrected chi connectivity index (χ2v) is 6.93. The third-order valence-electron chi connectivity index (χ3n) is 3.92. The third kappa shape index (κ3) is 3.31. The second kappa shape index (κ2) is 7.09. The summed E-state index contributed by atoms with van der Waals surface area (Å²) in [5.41, 5.74) is 1.26. The van der Waals surface area contributed by atoms with Gasteiger partial charge in [-0.15, -0.1) is 5.10 Å². The summed E-state index contributed by atoms with van der Waals surface area (Å²) in [6, 6.07) is 7.08. The van der Waals surface area contributed by atoms with Crippen molar-refractivity contribution in [2.45, 2.75) is 4.90 Å². The first kappa shape index (κ1) is 17.6. The van der Waals surface area contributed by atoms with Crippen molar-refractivity contribution in [1.29, 1.82) is 0 Å². The maximum atomic E-state index is 14.0. The number of rotatable bonds is 5. The molecule has 7 nitrogen and oxygen atoms in total. The van der Waals surface area contributed by atoms with Crippen molar-refractivity contribution in [3.63, 3.8) is 0 Å². The van der Waals surface area contributed by atoms with E-state index in [1.165, 1.54) is 16.6 Å². The van der Waals surface area contributed by atoms with Gasteiger partial charge in [0.05, 0.1) is 35.4 Å². The summed E-state index contributed by atoms with van der Waals surface area (Å²) in [6.07, 6.45) is 4.93. The molecule has 0 saturated carbocycles. The van der Waals surface area contributed by atoms with Gasteiger partial charge in [0.25, 0.3) is 0 Å². The van der Waals surface area contributed by atoms with Gasteiger partial charge in [0.2, 0.25) is 5.95 Å². The maximum absolute atomic E-state index is 14.0. The normalized spacial score (nSPS) is 11.1. The number of fused-ring (bicyclic) bond motifs is 1. The van der Waals surface area contributed by atoms with Crippen LogP contribution < -0.4 is 9.46 Å². The zero-order valence-corrected chi connectivity index (χ0v) is 15.9. The number of benzene rings is 1. The van der Waals surface area contributed by atoms with Gasteiger partial charge in [0.15, 0.2) is 5.82 Å². The van der Waals surface area contributed by atoms with Crippen LogP contribution >= 0.6 is 23.5 Å². The predicted octanol–water partition coefficient (Wildman–Crippen LogP) is 4.07. The SMILES string of the molecule is COc1ccc2c(F)nn(C)c2c1NSc1ccc(-n2cc(Cl)cn2)nc1. The van der Waals surface area contributed by atoms with Crippen molar-refractivity contribution < 1.29 is 9.13 Å². The van der Waals surface area contributed by atoms with Crippen LogP contribution in [0.25, 0.3) is 16.7 Å². The van der Waals surface area contributed by atoms with Gasteiger partial charge in [0, 0.05) is 18.1 Å². The molecule has 0 fully saturated rings. The van der Waals surface area contributed by atoms with Gasteiger partial charge >= 0.3 is 0 Å². The van der Waals surface area contributed by atoms with Gasteiger partial charge in [-0.05, 0) is 36.2 Å². The van der Waals surface area contributed by atoms with Crippen molar-refractivity contribution in [2.75, 3.05) is 11.8 Å². The molecule has 0 saturated heterocycles. The fraction of sp³-hybridized carbons (Fsp3) is 0.118. The predicted molar refractivity (Wildman–Crippen MR) is 103 cm³/mol. The number of nitrogens with one attached hydrogen (secondary N) is 1. The summed E-state index contributed by atoms with van der Waals surface area (Å²) in [5, 5.41) is 8.92. The summed E-state index contributed by atoms with van der Waals surface area (Å²) in [6.45, 7) is 0. The quantitative estimate of drug-likeness (QED) is 0.505. The van der Waals surface area contributed by atoms with E-state index in [1.807, 2.05) is 12.1 Å². The van der Waals surface area contributed by atoms with Crippen LogP contribution in [0.2, 0.25) is 5.02 Å². The highest BCUT2D eigenvalue weighted by Crippen LogP contribution is 2.36. The van der Waals surface area contributed by atoms with Crippen LogP contribution in [0.4, 0.5) is 10.1 Å². The Morgan fingerprint density at radius 3 is 2.74 bits per heavy atom. The summed E-state index contributed by atoms with van der Waals surface area (Å²) in [5.74, 6) is 0.723. The van der Waals surface area contributed by atoms with Crippen molar-refractivity contribution in [1.82, 2.24) is 24.5 Å². The van der Waals surface area contributed by atoms with E-state index < -0.39 is 5.95 Å². The van der Waals surface area contributed by atoms with E-state index in [0.717, 1.165) is 4.90 Å². The third-order valence-corrected chi connectivity index (χ3v) is 4.90. The van der Waals surface area contributed by atoms with Crippen LogP contribution in [0.3, 0.4) is 0 Å².